The van der Waals surface area contributed by atoms with Gasteiger partial charge in [0.15, 0.2) is 5.65 Å². The van der Waals surface area contributed by atoms with Crippen LogP contribution in [0.15, 0.2) is 65.3 Å². The lowest BCUT2D eigenvalue weighted by molar-refractivity contribution is 0.416. The number of aryl methyl sites for hydroxylation is 1. The first-order valence-corrected chi connectivity index (χ1v) is 8.71. The van der Waals surface area contributed by atoms with Crippen molar-refractivity contribution in [3.05, 3.63) is 71.0 Å². The van der Waals surface area contributed by atoms with Crippen LogP contribution in [0.1, 0.15) is 5.69 Å². The van der Waals surface area contributed by atoms with Crippen LogP contribution in [0.4, 0.5) is 0 Å². The van der Waals surface area contributed by atoms with Gasteiger partial charge < -0.3 is 4.74 Å². The summed E-state index contributed by atoms with van der Waals surface area (Å²) in [5, 5.41) is 4.60. The molecular formula is C20H16BrN3O. The van der Waals surface area contributed by atoms with Crippen molar-refractivity contribution < 1.29 is 4.74 Å². The van der Waals surface area contributed by atoms with Crippen molar-refractivity contribution in [2.24, 2.45) is 0 Å². The smallest absolute Gasteiger partial charge is 0.163 e. The number of hydrogen-bond acceptors (Lipinski definition) is 3. The Kier molecular flexibility index (Phi) is 4.01. The van der Waals surface area contributed by atoms with Gasteiger partial charge in [-0.1, -0.05) is 46.3 Å². The monoisotopic (exact) mass is 393 g/mol. The molecule has 0 saturated heterocycles. The minimum Gasteiger partial charge on any atom is -0.496 e. The molecule has 0 amide bonds. The molecule has 0 aliphatic heterocycles. The van der Waals surface area contributed by atoms with Crippen molar-refractivity contribution in [3.63, 3.8) is 0 Å². The summed E-state index contributed by atoms with van der Waals surface area (Å²) in [5.74, 6) is 0.811. The summed E-state index contributed by atoms with van der Waals surface area (Å²) in [6, 6.07) is 18.2. The van der Waals surface area contributed by atoms with Gasteiger partial charge in [-0.15, -0.1) is 0 Å². The lowest BCUT2D eigenvalue weighted by Gasteiger charge is -2.09. The number of nitrogens with zero attached hydrogens (tertiary/aromatic N) is 3. The van der Waals surface area contributed by atoms with Crippen molar-refractivity contribution in [1.82, 2.24) is 14.6 Å². The lowest BCUT2D eigenvalue weighted by atomic mass is 10.1. The summed E-state index contributed by atoms with van der Waals surface area (Å²) >= 11 is 3.48. The fourth-order valence-electron chi connectivity index (χ4n) is 2.97. The molecule has 0 bridgehead atoms. The van der Waals surface area contributed by atoms with Crippen LogP contribution in [0.25, 0.3) is 28.0 Å². The van der Waals surface area contributed by atoms with E-state index >= 15 is 0 Å². The standard InChI is InChI=1S/C20H16BrN3O/c1-13-11-18(14-7-9-15(21)10-8-14)24-20(23-13)17(12-22-24)16-5-3-4-6-19(16)25-2/h3-12H,1-2H3. The van der Waals surface area contributed by atoms with Crippen LogP contribution in [0.3, 0.4) is 0 Å². The summed E-state index contributed by atoms with van der Waals surface area (Å²) in [6.07, 6.45) is 1.85. The van der Waals surface area contributed by atoms with E-state index < -0.39 is 0 Å². The molecule has 4 aromatic rings. The van der Waals surface area contributed by atoms with Gasteiger partial charge in [-0.25, -0.2) is 9.50 Å². The largest absolute Gasteiger partial charge is 0.496 e. The van der Waals surface area contributed by atoms with Gasteiger partial charge in [-0.05, 0) is 31.2 Å². The Bertz CT molecular complexity index is 1050. The summed E-state index contributed by atoms with van der Waals surface area (Å²) in [7, 11) is 1.68. The number of methoxy groups -OCH3 is 1. The molecular weight excluding hydrogens is 378 g/mol. The van der Waals surface area contributed by atoms with E-state index in [1.165, 1.54) is 0 Å². The van der Waals surface area contributed by atoms with Gasteiger partial charge in [0.1, 0.15) is 5.75 Å². The maximum Gasteiger partial charge on any atom is 0.163 e. The second-order valence-corrected chi connectivity index (χ2v) is 6.70. The van der Waals surface area contributed by atoms with Gasteiger partial charge in [0, 0.05) is 21.3 Å². The lowest BCUT2D eigenvalue weighted by Crippen LogP contribution is -1.98. The van der Waals surface area contributed by atoms with Crippen molar-refractivity contribution in [1.29, 1.82) is 0 Å². The number of rotatable bonds is 3. The van der Waals surface area contributed by atoms with Gasteiger partial charge in [0.2, 0.25) is 0 Å². The summed E-state index contributed by atoms with van der Waals surface area (Å²) in [6.45, 7) is 2.00. The SMILES string of the molecule is COc1ccccc1-c1cnn2c(-c3ccc(Br)cc3)cc(C)nc12. The number of hydrogen-bond donors (Lipinski definition) is 0. The van der Waals surface area contributed by atoms with Gasteiger partial charge in [0.05, 0.1) is 24.6 Å². The normalized spacial score (nSPS) is 11.0. The fraction of sp³-hybridized carbons (Fsp3) is 0.100. The molecule has 0 saturated carbocycles. The summed E-state index contributed by atoms with van der Waals surface area (Å²) in [5.41, 5.74) is 5.81. The highest BCUT2D eigenvalue weighted by Gasteiger charge is 2.15. The molecule has 2 heterocycles. The maximum atomic E-state index is 5.51. The molecule has 0 atom stereocenters. The van der Waals surface area contributed by atoms with E-state index in [4.69, 9.17) is 9.72 Å². The summed E-state index contributed by atoms with van der Waals surface area (Å²) in [4.78, 5) is 4.73. The third kappa shape index (κ3) is 2.81. The zero-order chi connectivity index (χ0) is 17.4. The van der Waals surface area contributed by atoms with Gasteiger partial charge >= 0.3 is 0 Å². The molecule has 0 N–H and O–H groups in total. The number of ether oxygens (including phenoxy) is 1. The van der Waals surface area contributed by atoms with Crippen molar-refractivity contribution in [2.45, 2.75) is 6.92 Å². The van der Waals surface area contributed by atoms with E-state index in [0.717, 1.165) is 43.9 Å². The first-order chi connectivity index (χ1) is 12.2. The van der Waals surface area contributed by atoms with E-state index in [2.05, 4.69) is 39.2 Å². The van der Waals surface area contributed by atoms with Crippen molar-refractivity contribution in [3.8, 4) is 28.1 Å². The highest BCUT2D eigenvalue weighted by atomic mass is 79.9. The average molecular weight is 394 g/mol. The van der Waals surface area contributed by atoms with Crippen LogP contribution in [-0.4, -0.2) is 21.7 Å². The Morgan fingerprint density at radius 2 is 1.76 bits per heavy atom. The van der Waals surface area contributed by atoms with Gasteiger partial charge in [-0.3, -0.25) is 0 Å². The van der Waals surface area contributed by atoms with E-state index in [1.54, 1.807) is 7.11 Å². The molecule has 0 aliphatic carbocycles. The number of halogens is 1. The van der Waals surface area contributed by atoms with Crippen molar-refractivity contribution in [2.75, 3.05) is 7.11 Å². The predicted octanol–water partition coefficient (Wildman–Crippen LogP) is 5.14. The summed E-state index contributed by atoms with van der Waals surface area (Å²) < 4.78 is 8.44. The molecule has 4 rings (SSSR count). The molecule has 4 nitrogen and oxygen atoms in total. The minimum absolute atomic E-state index is 0.811. The Labute approximate surface area is 154 Å². The van der Waals surface area contributed by atoms with Crippen LogP contribution >= 0.6 is 15.9 Å². The van der Waals surface area contributed by atoms with Crippen LogP contribution in [0, 0.1) is 6.92 Å². The second kappa shape index (κ2) is 6.33. The first-order valence-electron chi connectivity index (χ1n) is 7.92. The predicted molar refractivity (Wildman–Crippen MR) is 103 cm³/mol. The molecule has 0 aliphatic rings. The zero-order valence-corrected chi connectivity index (χ0v) is 15.5. The Morgan fingerprint density at radius 1 is 1.00 bits per heavy atom. The first kappa shape index (κ1) is 15.8. The van der Waals surface area contributed by atoms with E-state index in [-0.39, 0.29) is 0 Å². The zero-order valence-electron chi connectivity index (χ0n) is 13.9. The quantitative estimate of drug-likeness (QED) is 0.483. The molecule has 0 spiro atoms. The van der Waals surface area contributed by atoms with Crippen LogP contribution in [0.2, 0.25) is 0 Å². The molecule has 0 fully saturated rings. The third-order valence-electron chi connectivity index (χ3n) is 4.14. The fourth-order valence-corrected chi connectivity index (χ4v) is 3.23. The van der Waals surface area contributed by atoms with E-state index in [9.17, 15) is 0 Å². The molecule has 25 heavy (non-hydrogen) atoms. The van der Waals surface area contributed by atoms with Crippen molar-refractivity contribution >= 4 is 21.6 Å². The molecule has 5 heteroatoms. The maximum absolute atomic E-state index is 5.51. The second-order valence-electron chi connectivity index (χ2n) is 5.78. The number of aromatic nitrogens is 3. The minimum atomic E-state index is 0.811. The molecule has 124 valence electrons. The highest BCUT2D eigenvalue weighted by Crippen LogP contribution is 2.33. The van der Waals surface area contributed by atoms with Crippen LogP contribution in [-0.2, 0) is 0 Å². The number of para-hydroxylation sites is 1. The Morgan fingerprint density at radius 3 is 2.52 bits per heavy atom. The van der Waals surface area contributed by atoms with Crippen LogP contribution < -0.4 is 4.74 Å². The molecule has 2 aromatic heterocycles. The van der Waals surface area contributed by atoms with Gasteiger partial charge in [-0.2, -0.15) is 5.10 Å². The molecule has 0 unspecified atom stereocenters. The topological polar surface area (TPSA) is 39.4 Å². The van der Waals surface area contributed by atoms with Gasteiger partial charge in [0.25, 0.3) is 0 Å². The van der Waals surface area contributed by atoms with Crippen LogP contribution in [0.5, 0.6) is 5.75 Å². The third-order valence-corrected chi connectivity index (χ3v) is 4.67. The molecule has 2 aromatic carbocycles. The van der Waals surface area contributed by atoms with E-state index in [0.29, 0.717) is 0 Å². The Hall–Kier alpha value is -2.66. The Balaban J connectivity index is 1.97. The number of fused-ring (bicyclic) bond motifs is 1. The number of benzene rings is 2. The molecule has 0 radical (unpaired) electrons. The highest BCUT2D eigenvalue weighted by molar-refractivity contribution is 9.10. The average Bonchev–Trinajstić information content (AvgIpc) is 3.05. The van der Waals surface area contributed by atoms with E-state index in [1.807, 2.05) is 54.0 Å².